The van der Waals surface area contributed by atoms with Gasteiger partial charge in [-0.05, 0) is 67.0 Å². The van der Waals surface area contributed by atoms with E-state index in [1.807, 2.05) is 13.0 Å². The molecule has 1 aliphatic rings. The molecule has 6 heteroatoms. The molecule has 1 aromatic heterocycles. The molecule has 140 valence electrons. The third-order valence-electron chi connectivity index (χ3n) is 5.15. The first-order valence-electron chi connectivity index (χ1n) is 9.11. The van der Waals surface area contributed by atoms with E-state index in [4.69, 9.17) is 9.15 Å². The molecule has 1 saturated carbocycles. The molecule has 2 aromatic carbocycles. The van der Waals surface area contributed by atoms with Gasteiger partial charge in [-0.25, -0.2) is 4.79 Å². The number of carbonyl (C=O) groups is 1. The van der Waals surface area contributed by atoms with Crippen LogP contribution in [-0.4, -0.2) is 18.0 Å². The van der Waals surface area contributed by atoms with Crippen molar-refractivity contribution in [2.75, 3.05) is 12.4 Å². The number of methoxy groups -OCH3 is 1. The first-order chi connectivity index (χ1) is 13.0. The predicted octanol–water partition coefficient (Wildman–Crippen LogP) is 3.96. The summed E-state index contributed by atoms with van der Waals surface area (Å²) in [6, 6.07) is 11.3. The highest BCUT2D eigenvalue weighted by Gasteiger charge is 2.34. The molecule has 4 rings (SSSR count). The predicted molar refractivity (Wildman–Crippen MR) is 103 cm³/mol. The van der Waals surface area contributed by atoms with Crippen molar-refractivity contribution in [1.29, 1.82) is 0 Å². The molecule has 0 spiro atoms. The summed E-state index contributed by atoms with van der Waals surface area (Å²) in [5.41, 5.74) is 3.95. The number of benzene rings is 2. The third-order valence-corrected chi connectivity index (χ3v) is 5.15. The van der Waals surface area contributed by atoms with Crippen molar-refractivity contribution < 1.29 is 13.9 Å². The molecular formula is C21H22N2O4. The normalized spacial score (nSPS) is 14.9. The monoisotopic (exact) mass is 366 g/mol. The Bertz CT molecular complexity index is 1050. The second-order valence-corrected chi connectivity index (χ2v) is 7.15. The van der Waals surface area contributed by atoms with Crippen LogP contribution in [0.3, 0.4) is 0 Å². The zero-order valence-corrected chi connectivity index (χ0v) is 15.4. The Balaban J connectivity index is 1.50. The van der Waals surface area contributed by atoms with Gasteiger partial charge in [-0.1, -0.05) is 12.1 Å². The smallest absolute Gasteiger partial charge is 0.417 e. The van der Waals surface area contributed by atoms with Gasteiger partial charge in [0.2, 0.25) is 5.91 Å². The Morgan fingerprint density at radius 2 is 2.11 bits per heavy atom. The lowest BCUT2D eigenvalue weighted by Crippen LogP contribution is -2.17. The summed E-state index contributed by atoms with van der Waals surface area (Å²) in [6.45, 7) is 2.02. The summed E-state index contributed by atoms with van der Waals surface area (Å²) in [6.07, 6.45) is 2.74. The summed E-state index contributed by atoms with van der Waals surface area (Å²) in [7, 11) is 1.66. The fraction of sp³-hybridized carbons (Fsp3) is 0.333. The number of fused-ring (bicyclic) bond motifs is 1. The van der Waals surface area contributed by atoms with Crippen LogP contribution >= 0.6 is 0 Å². The SMILES string of the molecule is COc1ccc(C(CC(=O)Nc2ccc3oc(=O)[nH]c3c2)C2CC2)cc1C. The van der Waals surface area contributed by atoms with Crippen LogP contribution in [0.2, 0.25) is 0 Å². The Labute approximate surface area is 156 Å². The number of aromatic nitrogens is 1. The van der Waals surface area contributed by atoms with Crippen molar-refractivity contribution in [2.24, 2.45) is 5.92 Å². The first kappa shape index (κ1) is 17.4. The fourth-order valence-electron chi connectivity index (χ4n) is 3.63. The van der Waals surface area contributed by atoms with Crippen molar-refractivity contribution >= 4 is 22.7 Å². The van der Waals surface area contributed by atoms with Gasteiger partial charge in [0.15, 0.2) is 5.58 Å². The molecule has 0 radical (unpaired) electrons. The summed E-state index contributed by atoms with van der Waals surface area (Å²) in [5.74, 6) is 1.08. The van der Waals surface area contributed by atoms with E-state index >= 15 is 0 Å². The van der Waals surface area contributed by atoms with Gasteiger partial charge < -0.3 is 14.5 Å². The topological polar surface area (TPSA) is 84.3 Å². The molecule has 0 saturated heterocycles. The number of H-pyrrole nitrogens is 1. The van der Waals surface area contributed by atoms with Crippen molar-refractivity contribution in [3.8, 4) is 5.75 Å². The average Bonchev–Trinajstić information content (AvgIpc) is 3.40. The lowest BCUT2D eigenvalue weighted by molar-refractivity contribution is -0.116. The Kier molecular flexibility index (Phi) is 4.48. The van der Waals surface area contributed by atoms with Crippen LogP contribution in [0.15, 0.2) is 45.6 Å². The summed E-state index contributed by atoms with van der Waals surface area (Å²) in [4.78, 5) is 26.5. The molecule has 6 nitrogen and oxygen atoms in total. The summed E-state index contributed by atoms with van der Waals surface area (Å²) >= 11 is 0. The van der Waals surface area contributed by atoms with Gasteiger partial charge in [-0.3, -0.25) is 9.78 Å². The maximum absolute atomic E-state index is 12.6. The van der Waals surface area contributed by atoms with Gasteiger partial charge in [0.25, 0.3) is 0 Å². The maximum atomic E-state index is 12.6. The molecule has 1 fully saturated rings. The second kappa shape index (κ2) is 6.95. The van der Waals surface area contributed by atoms with Gasteiger partial charge in [0.05, 0.1) is 12.6 Å². The molecule has 0 bridgehead atoms. The standard InChI is InChI=1S/C21H22N2O4/c1-12-9-14(5-7-18(12)26-2)16(13-3-4-13)11-20(24)22-15-6-8-19-17(10-15)23-21(25)27-19/h5-10,13,16H,3-4,11H2,1-2H3,(H,22,24)(H,23,25). The number of rotatable bonds is 6. The van der Waals surface area contributed by atoms with Crippen molar-refractivity contribution in [3.05, 3.63) is 58.1 Å². The Morgan fingerprint density at radius 3 is 2.81 bits per heavy atom. The number of ether oxygens (including phenoxy) is 1. The zero-order valence-electron chi connectivity index (χ0n) is 15.4. The largest absolute Gasteiger partial charge is 0.496 e. The second-order valence-electron chi connectivity index (χ2n) is 7.15. The quantitative estimate of drug-likeness (QED) is 0.691. The van der Waals surface area contributed by atoms with E-state index in [0.717, 1.165) is 24.2 Å². The number of hydrogen-bond acceptors (Lipinski definition) is 4. The zero-order chi connectivity index (χ0) is 19.0. The van der Waals surface area contributed by atoms with Crippen LogP contribution in [-0.2, 0) is 4.79 Å². The van der Waals surface area contributed by atoms with E-state index in [-0.39, 0.29) is 11.8 Å². The number of anilines is 1. The van der Waals surface area contributed by atoms with Gasteiger partial charge in [0, 0.05) is 12.1 Å². The third kappa shape index (κ3) is 3.74. The minimum atomic E-state index is -0.503. The van der Waals surface area contributed by atoms with Gasteiger partial charge in [0.1, 0.15) is 5.75 Å². The molecule has 0 aliphatic heterocycles. The van der Waals surface area contributed by atoms with Crippen LogP contribution in [0.4, 0.5) is 5.69 Å². The number of carbonyl (C=O) groups excluding carboxylic acids is 1. The molecule has 1 atom stereocenters. The van der Waals surface area contributed by atoms with Crippen molar-refractivity contribution in [2.45, 2.75) is 32.1 Å². The number of nitrogens with one attached hydrogen (secondary N) is 2. The summed E-state index contributed by atoms with van der Waals surface area (Å²) in [5, 5.41) is 2.94. The molecule has 1 aliphatic carbocycles. The van der Waals surface area contributed by atoms with E-state index in [9.17, 15) is 9.59 Å². The van der Waals surface area contributed by atoms with E-state index < -0.39 is 5.76 Å². The molecule has 2 N–H and O–H groups in total. The number of oxazole rings is 1. The van der Waals surface area contributed by atoms with Crippen molar-refractivity contribution in [3.63, 3.8) is 0 Å². The van der Waals surface area contributed by atoms with Gasteiger partial charge in [-0.2, -0.15) is 0 Å². The highest BCUT2D eigenvalue weighted by molar-refractivity contribution is 5.93. The minimum Gasteiger partial charge on any atom is -0.496 e. The fourth-order valence-corrected chi connectivity index (χ4v) is 3.63. The highest BCUT2D eigenvalue weighted by atomic mass is 16.5. The van der Waals surface area contributed by atoms with Crippen LogP contribution in [0.25, 0.3) is 11.1 Å². The van der Waals surface area contributed by atoms with Crippen molar-refractivity contribution in [1.82, 2.24) is 4.98 Å². The van der Waals surface area contributed by atoms with Crippen LogP contribution in [0.5, 0.6) is 5.75 Å². The number of aryl methyl sites for hydroxylation is 1. The molecule has 27 heavy (non-hydrogen) atoms. The minimum absolute atomic E-state index is 0.0365. The lowest BCUT2D eigenvalue weighted by Gasteiger charge is -2.18. The van der Waals surface area contributed by atoms with Crippen LogP contribution in [0.1, 0.15) is 36.3 Å². The maximum Gasteiger partial charge on any atom is 0.417 e. The van der Waals surface area contributed by atoms with E-state index in [0.29, 0.717) is 29.1 Å². The van der Waals surface area contributed by atoms with Gasteiger partial charge in [-0.15, -0.1) is 0 Å². The number of amides is 1. The van der Waals surface area contributed by atoms with E-state index in [1.54, 1.807) is 25.3 Å². The molecule has 1 heterocycles. The van der Waals surface area contributed by atoms with Crippen LogP contribution < -0.4 is 15.8 Å². The Morgan fingerprint density at radius 1 is 1.30 bits per heavy atom. The molecule has 1 amide bonds. The van der Waals surface area contributed by atoms with E-state index in [1.165, 1.54) is 5.56 Å². The van der Waals surface area contributed by atoms with Gasteiger partial charge >= 0.3 is 5.76 Å². The van der Waals surface area contributed by atoms with Crippen LogP contribution in [0, 0.1) is 12.8 Å². The molecular weight excluding hydrogens is 344 g/mol. The lowest BCUT2D eigenvalue weighted by atomic mass is 9.89. The van der Waals surface area contributed by atoms with E-state index in [2.05, 4.69) is 22.4 Å². The Hall–Kier alpha value is -3.02. The average molecular weight is 366 g/mol. The molecule has 3 aromatic rings. The highest BCUT2D eigenvalue weighted by Crippen LogP contribution is 2.45. The first-order valence-corrected chi connectivity index (χ1v) is 9.11. The molecule has 1 unspecified atom stereocenters. The number of hydrogen-bond donors (Lipinski definition) is 2. The summed E-state index contributed by atoms with van der Waals surface area (Å²) < 4.78 is 10.3. The number of aromatic amines is 1.